The lowest BCUT2D eigenvalue weighted by Gasteiger charge is -2.31. The van der Waals surface area contributed by atoms with Crippen molar-refractivity contribution in [3.63, 3.8) is 0 Å². The van der Waals surface area contributed by atoms with Gasteiger partial charge < -0.3 is 19.3 Å². The number of unbranched alkanes of at least 4 members (excludes halogenated alkanes) is 1. The van der Waals surface area contributed by atoms with Gasteiger partial charge in [0.15, 0.2) is 10.8 Å². The normalized spacial score (nSPS) is 20.2. The third-order valence-electron chi connectivity index (χ3n) is 16.0. The van der Waals surface area contributed by atoms with Crippen LogP contribution in [0.2, 0.25) is 0 Å². The average Bonchev–Trinajstić information content (AvgIpc) is 4.17. The molecule has 394 valence electrons. The SMILES string of the molecule is Cc1c(OC2CCC(CCCCN3CC[C@H](c4ccc5c([C@H]6CCC(=O)NC6=O)nn(C)c5c4)C3)CC2)cccc1-c1ccc(N2CCc3cccc(C(=O)Nc4nc5ccccc5s4)c3C2)nc1C(=O)OC(C)(C)C. The molecular formula is C61H68N8O6S. The monoisotopic (exact) mass is 1040 g/mol. The van der Waals surface area contributed by atoms with Crippen molar-refractivity contribution in [2.45, 2.75) is 128 Å². The lowest BCUT2D eigenvalue weighted by atomic mass is 9.84. The standard InChI is InChI=1S/C61H68N8O6S/c1-37-43(44-25-27-53(63-56(44)59(73)75-61(2,3)4)69-33-30-39-13-10-15-45(48(39)36-69)57(71)65-60-62-49-16-6-7-18-52(49)76-60)14-11-17-51(37)74-42-22-19-38(20-23-42)12-8-9-31-68-32-29-41(35-68)40-21-24-46-50(34-40)67(5)66-55(46)47-26-28-54(70)64-58(47)72/h6-7,10-11,13-18,21,24-25,27,34,38,41-42,47H,8-9,12,19-20,22-23,26,28-33,35-36H2,1-5H3,(H,62,65,71)(H,64,70,72)/t38?,41-,42?,47+/m0/s1. The van der Waals surface area contributed by atoms with E-state index in [9.17, 15) is 19.2 Å². The van der Waals surface area contributed by atoms with Crippen molar-refractivity contribution < 1.29 is 28.7 Å². The third-order valence-corrected chi connectivity index (χ3v) is 17.0. The molecule has 6 heterocycles. The number of amides is 3. The first-order valence-corrected chi connectivity index (χ1v) is 28.1. The predicted octanol–water partition coefficient (Wildman–Crippen LogP) is 11.4. The van der Waals surface area contributed by atoms with E-state index in [1.807, 2.05) is 99.2 Å². The maximum absolute atomic E-state index is 14.1. The number of ether oxygens (including phenoxy) is 2. The van der Waals surface area contributed by atoms with Gasteiger partial charge in [0, 0.05) is 49.6 Å². The first-order chi connectivity index (χ1) is 36.7. The summed E-state index contributed by atoms with van der Waals surface area (Å²) in [4.78, 5) is 66.8. The van der Waals surface area contributed by atoms with E-state index in [4.69, 9.17) is 19.6 Å². The molecule has 3 amide bonds. The quantitative estimate of drug-likeness (QED) is 0.0606. The number of hydrogen-bond donors (Lipinski definition) is 2. The molecule has 2 saturated heterocycles. The number of aromatic nitrogens is 4. The van der Waals surface area contributed by atoms with Crippen LogP contribution in [0.25, 0.3) is 32.2 Å². The number of likely N-dealkylation sites (tertiary alicyclic amines) is 1. The Morgan fingerprint density at radius 1 is 0.855 bits per heavy atom. The molecule has 4 aliphatic rings. The van der Waals surface area contributed by atoms with Crippen LogP contribution in [0.5, 0.6) is 5.75 Å². The van der Waals surface area contributed by atoms with Gasteiger partial charge in [0.25, 0.3) is 5.91 Å². The average molecular weight is 1040 g/mol. The maximum Gasteiger partial charge on any atom is 0.358 e. The minimum atomic E-state index is -0.730. The smallest absolute Gasteiger partial charge is 0.358 e. The molecule has 1 saturated carbocycles. The number of benzene rings is 4. The Morgan fingerprint density at radius 3 is 2.50 bits per heavy atom. The van der Waals surface area contributed by atoms with Gasteiger partial charge in [-0.25, -0.2) is 14.8 Å². The van der Waals surface area contributed by atoms with Crippen molar-refractivity contribution in [1.29, 1.82) is 0 Å². The molecule has 11 rings (SSSR count). The van der Waals surface area contributed by atoms with Crippen molar-refractivity contribution >= 4 is 67.1 Å². The van der Waals surface area contributed by atoms with Crippen LogP contribution in [-0.4, -0.2) is 86.2 Å². The molecule has 0 bridgehead atoms. The highest BCUT2D eigenvalue weighted by molar-refractivity contribution is 7.22. The van der Waals surface area contributed by atoms with Gasteiger partial charge in [0.05, 0.1) is 33.4 Å². The lowest BCUT2D eigenvalue weighted by molar-refractivity contribution is -0.134. The number of hydrogen-bond acceptors (Lipinski definition) is 12. The number of carbonyl (C=O) groups is 4. The van der Waals surface area contributed by atoms with Gasteiger partial charge in [-0.05, 0) is 174 Å². The number of thiazole rings is 1. The number of nitrogens with zero attached hydrogens (tertiary/aromatic N) is 6. The summed E-state index contributed by atoms with van der Waals surface area (Å²) >= 11 is 1.45. The summed E-state index contributed by atoms with van der Waals surface area (Å²) in [7, 11) is 1.94. The van der Waals surface area contributed by atoms with E-state index >= 15 is 0 Å². The summed E-state index contributed by atoms with van der Waals surface area (Å²) in [5.41, 5.74) is 8.67. The van der Waals surface area contributed by atoms with Crippen molar-refractivity contribution in [2.75, 3.05) is 36.4 Å². The van der Waals surface area contributed by atoms with Gasteiger partial charge >= 0.3 is 5.97 Å². The fourth-order valence-electron chi connectivity index (χ4n) is 12.0. The zero-order valence-corrected chi connectivity index (χ0v) is 45.1. The largest absolute Gasteiger partial charge is 0.490 e. The van der Waals surface area contributed by atoms with Gasteiger partial charge in [-0.15, -0.1) is 0 Å². The molecule has 14 nitrogen and oxygen atoms in total. The van der Waals surface area contributed by atoms with Crippen molar-refractivity contribution in [3.05, 3.63) is 130 Å². The number of carbonyl (C=O) groups excluding carboxylic acids is 4. The van der Waals surface area contributed by atoms with E-state index in [2.05, 4.69) is 56.6 Å². The Morgan fingerprint density at radius 2 is 1.68 bits per heavy atom. The van der Waals surface area contributed by atoms with Gasteiger partial charge in [-0.1, -0.05) is 72.7 Å². The minimum Gasteiger partial charge on any atom is -0.490 e. The number of imide groups is 1. The van der Waals surface area contributed by atoms with Crippen molar-refractivity contribution in [2.24, 2.45) is 13.0 Å². The molecule has 1 aliphatic carbocycles. The number of aryl methyl sites for hydroxylation is 1. The summed E-state index contributed by atoms with van der Waals surface area (Å²) in [6, 6.07) is 30.4. The lowest BCUT2D eigenvalue weighted by Crippen LogP contribution is -2.39. The second-order valence-electron chi connectivity index (χ2n) is 22.4. The second-order valence-corrected chi connectivity index (χ2v) is 23.4. The van der Waals surface area contributed by atoms with Gasteiger partial charge in [-0.3, -0.25) is 29.7 Å². The maximum atomic E-state index is 14.1. The first kappa shape index (κ1) is 51.2. The van der Waals surface area contributed by atoms with Crippen LogP contribution >= 0.6 is 11.3 Å². The van der Waals surface area contributed by atoms with Gasteiger partial charge in [0.1, 0.15) is 17.2 Å². The zero-order chi connectivity index (χ0) is 52.7. The third kappa shape index (κ3) is 11.0. The summed E-state index contributed by atoms with van der Waals surface area (Å²) in [5, 5.41) is 11.8. The van der Waals surface area contributed by atoms with E-state index in [0.717, 1.165) is 113 Å². The summed E-state index contributed by atoms with van der Waals surface area (Å²) in [6.07, 6.45) is 10.8. The number of rotatable bonds is 14. The molecule has 7 aromatic rings. The summed E-state index contributed by atoms with van der Waals surface area (Å²) in [5.74, 6) is 1.10. The minimum absolute atomic E-state index is 0.127. The Kier molecular flexibility index (Phi) is 14.5. The second kappa shape index (κ2) is 21.6. The Labute approximate surface area is 448 Å². The predicted molar refractivity (Wildman–Crippen MR) is 298 cm³/mol. The van der Waals surface area contributed by atoms with Crippen LogP contribution in [0.4, 0.5) is 10.9 Å². The van der Waals surface area contributed by atoms with E-state index in [1.165, 1.54) is 36.2 Å². The molecule has 4 aromatic carbocycles. The highest BCUT2D eigenvalue weighted by Crippen LogP contribution is 2.39. The number of fused-ring (bicyclic) bond motifs is 3. The molecule has 0 radical (unpaired) electrons. The molecule has 2 N–H and O–H groups in total. The number of nitrogens with one attached hydrogen (secondary N) is 2. The first-order valence-electron chi connectivity index (χ1n) is 27.3. The number of piperidine rings is 1. The van der Waals surface area contributed by atoms with E-state index in [0.29, 0.717) is 59.8 Å². The molecule has 15 heteroatoms. The number of pyridine rings is 1. The van der Waals surface area contributed by atoms with E-state index < -0.39 is 17.5 Å². The van der Waals surface area contributed by atoms with Gasteiger partial charge in [0.2, 0.25) is 11.8 Å². The number of para-hydroxylation sites is 1. The fourth-order valence-corrected chi connectivity index (χ4v) is 12.9. The van der Waals surface area contributed by atoms with Crippen LogP contribution in [0.1, 0.15) is 146 Å². The molecule has 2 atom stereocenters. The van der Waals surface area contributed by atoms with Crippen LogP contribution in [-0.2, 0) is 34.3 Å². The zero-order valence-electron chi connectivity index (χ0n) is 44.3. The fraction of sp³-hybridized carbons (Fsp3) is 0.426. The number of esters is 1. The van der Waals surface area contributed by atoms with Crippen LogP contribution in [0.15, 0.2) is 91.0 Å². The molecule has 3 fully saturated rings. The molecule has 0 unspecified atom stereocenters. The molecule has 76 heavy (non-hydrogen) atoms. The Balaban J connectivity index is 0.690. The van der Waals surface area contributed by atoms with Crippen molar-refractivity contribution in [1.82, 2.24) is 30.0 Å². The molecule has 3 aliphatic heterocycles. The summed E-state index contributed by atoms with van der Waals surface area (Å²) in [6.45, 7) is 12.1. The molecular weight excluding hydrogens is 973 g/mol. The molecule has 3 aromatic heterocycles. The molecule has 0 spiro atoms. The van der Waals surface area contributed by atoms with Crippen LogP contribution in [0.3, 0.4) is 0 Å². The topological polar surface area (TPSA) is 161 Å². The highest BCUT2D eigenvalue weighted by atomic mass is 32.1. The Bertz CT molecular complexity index is 3320. The van der Waals surface area contributed by atoms with Gasteiger partial charge in [-0.2, -0.15) is 5.10 Å². The van der Waals surface area contributed by atoms with Crippen molar-refractivity contribution in [3.8, 4) is 16.9 Å². The van der Waals surface area contributed by atoms with E-state index in [1.54, 1.807) is 0 Å². The highest BCUT2D eigenvalue weighted by Gasteiger charge is 2.33. The van der Waals surface area contributed by atoms with Crippen LogP contribution < -0.4 is 20.3 Å². The Hall–Kier alpha value is -6.97. The van der Waals surface area contributed by atoms with E-state index in [-0.39, 0.29) is 29.5 Å². The summed E-state index contributed by atoms with van der Waals surface area (Å²) < 4.78 is 15.7. The van der Waals surface area contributed by atoms with Crippen LogP contribution in [0, 0.1) is 12.8 Å². The number of anilines is 2.